The molecule has 1 aromatic carbocycles. The van der Waals surface area contributed by atoms with E-state index < -0.39 is 0 Å². The zero-order valence-corrected chi connectivity index (χ0v) is 9.90. The highest BCUT2D eigenvalue weighted by Crippen LogP contribution is 2.10. The van der Waals surface area contributed by atoms with E-state index in [0.29, 0.717) is 18.5 Å². The van der Waals surface area contributed by atoms with Gasteiger partial charge in [-0.15, -0.1) is 0 Å². The number of hydrogen-bond acceptors (Lipinski definition) is 3. The molecule has 17 heavy (non-hydrogen) atoms. The molecule has 0 aliphatic heterocycles. The molecule has 0 atom stereocenters. The first-order valence-electron chi connectivity index (χ1n) is 5.57. The van der Waals surface area contributed by atoms with Gasteiger partial charge in [0.15, 0.2) is 0 Å². The third kappa shape index (κ3) is 4.56. The minimum atomic E-state index is -0.0930. The van der Waals surface area contributed by atoms with Crippen molar-refractivity contribution in [2.75, 3.05) is 13.7 Å². The minimum Gasteiger partial charge on any atom is -0.497 e. The molecule has 0 spiro atoms. The Hall–Kier alpha value is -2.02. The fraction of sp³-hybridized carbons (Fsp3) is 0.385. The van der Waals surface area contributed by atoms with E-state index in [1.807, 2.05) is 0 Å². The number of carbonyl (C=O) groups excluding carboxylic acids is 1. The molecule has 0 bridgehead atoms. The van der Waals surface area contributed by atoms with Crippen LogP contribution in [0.3, 0.4) is 0 Å². The average Bonchev–Trinajstić information content (AvgIpc) is 2.38. The molecule has 0 saturated heterocycles. The van der Waals surface area contributed by atoms with Crippen LogP contribution in [0.25, 0.3) is 0 Å². The van der Waals surface area contributed by atoms with E-state index in [9.17, 15) is 4.79 Å². The Morgan fingerprint density at radius 1 is 1.35 bits per heavy atom. The zero-order valence-electron chi connectivity index (χ0n) is 9.90. The standard InChI is InChI=1S/C13H16N2O2/c1-17-12-7-5-11(6-8-12)13(16)15-10-4-2-3-9-14/h5-8H,2-4,10H2,1H3,(H,15,16). The Labute approximate surface area is 101 Å². The van der Waals surface area contributed by atoms with Crippen molar-refractivity contribution in [3.05, 3.63) is 29.8 Å². The zero-order chi connectivity index (χ0) is 12.5. The summed E-state index contributed by atoms with van der Waals surface area (Å²) >= 11 is 0. The van der Waals surface area contributed by atoms with E-state index in [-0.39, 0.29) is 5.91 Å². The van der Waals surface area contributed by atoms with Gasteiger partial charge in [0, 0.05) is 18.5 Å². The van der Waals surface area contributed by atoms with E-state index >= 15 is 0 Å². The summed E-state index contributed by atoms with van der Waals surface area (Å²) < 4.78 is 5.01. The molecule has 1 N–H and O–H groups in total. The summed E-state index contributed by atoms with van der Waals surface area (Å²) in [6, 6.07) is 9.03. The van der Waals surface area contributed by atoms with Crippen LogP contribution in [-0.4, -0.2) is 19.6 Å². The molecule has 0 radical (unpaired) electrons. The lowest BCUT2D eigenvalue weighted by Crippen LogP contribution is -2.24. The van der Waals surface area contributed by atoms with Crippen LogP contribution in [0.1, 0.15) is 29.6 Å². The van der Waals surface area contributed by atoms with Crippen LogP contribution in [0.4, 0.5) is 0 Å². The molecular formula is C13H16N2O2. The lowest BCUT2D eigenvalue weighted by atomic mass is 10.2. The smallest absolute Gasteiger partial charge is 0.251 e. The molecule has 0 saturated carbocycles. The van der Waals surface area contributed by atoms with Gasteiger partial charge in [-0.05, 0) is 37.1 Å². The molecule has 0 unspecified atom stereocenters. The van der Waals surface area contributed by atoms with Crippen LogP contribution in [0, 0.1) is 11.3 Å². The molecule has 0 aromatic heterocycles. The highest BCUT2D eigenvalue weighted by molar-refractivity contribution is 5.94. The van der Waals surface area contributed by atoms with Crippen molar-refractivity contribution in [3.8, 4) is 11.8 Å². The van der Waals surface area contributed by atoms with Gasteiger partial charge in [-0.3, -0.25) is 4.79 Å². The van der Waals surface area contributed by atoms with Crippen molar-refractivity contribution >= 4 is 5.91 Å². The van der Waals surface area contributed by atoms with Gasteiger partial charge in [0.1, 0.15) is 5.75 Å². The first kappa shape index (κ1) is 13.0. The summed E-state index contributed by atoms with van der Waals surface area (Å²) in [5.74, 6) is 0.639. The van der Waals surface area contributed by atoms with Crippen molar-refractivity contribution in [2.45, 2.75) is 19.3 Å². The fourth-order valence-corrected chi connectivity index (χ4v) is 1.38. The third-order valence-electron chi connectivity index (χ3n) is 2.35. The lowest BCUT2D eigenvalue weighted by molar-refractivity contribution is 0.0953. The summed E-state index contributed by atoms with van der Waals surface area (Å²) in [4.78, 5) is 11.7. The molecule has 0 aliphatic carbocycles. The third-order valence-corrected chi connectivity index (χ3v) is 2.35. The van der Waals surface area contributed by atoms with E-state index in [4.69, 9.17) is 10.00 Å². The second-order valence-electron chi connectivity index (χ2n) is 3.60. The molecule has 0 aliphatic rings. The first-order chi connectivity index (χ1) is 8.27. The number of methoxy groups -OCH3 is 1. The van der Waals surface area contributed by atoms with E-state index in [1.165, 1.54) is 0 Å². The normalized spacial score (nSPS) is 9.41. The van der Waals surface area contributed by atoms with Gasteiger partial charge in [0.25, 0.3) is 5.91 Å². The summed E-state index contributed by atoms with van der Waals surface area (Å²) in [7, 11) is 1.59. The van der Waals surface area contributed by atoms with Crippen LogP contribution >= 0.6 is 0 Å². The molecule has 1 rings (SSSR count). The second-order valence-corrected chi connectivity index (χ2v) is 3.60. The summed E-state index contributed by atoms with van der Waals surface area (Å²) in [5.41, 5.74) is 0.617. The topological polar surface area (TPSA) is 62.1 Å². The summed E-state index contributed by atoms with van der Waals surface area (Å²) in [6.45, 7) is 0.604. The highest BCUT2D eigenvalue weighted by Gasteiger charge is 2.04. The number of benzene rings is 1. The first-order valence-corrected chi connectivity index (χ1v) is 5.57. The summed E-state index contributed by atoms with van der Waals surface area (Å²) in [6.07, 6.45) is 2.19. The molecule has 90 valence electrons. The SMILES string of the molecule is COc1ccc(C(=O)NCCCCC#N)cc1. The van der Waals surface area contributed by atoms with Crippen molar-refractivity contribution < 1.29 is 9.53 Å². The predicted molar refractivity (Wildman–Crippen MR) is 64.8 cm³/mol. The largest absolute Gasteiger partial charge is 0.497 e. The van der Waals surface area contributed by atoms with Gasteiger partial charge in [0.05, 0.1) is 13.2 Å². The maximum Gasteiger partial charge on any atom is 0.251 e. The Kier molecular flexibility index (Phi) is 5.59. The number of rotatable bonds is 6. The monoisotopic (exact) mass is 232 g/mol. The number of amides is 1. The van der Waals surface area contributed by atoms with Crippen LogP contribution in [0.2, 0.25) is 0 Å². The Balaban J connectivity index is 2.34. The lowest BCUT2D eigenvalue weighted by Gasteiger charge is -2.05. The number of unbranched alkanes of at least 4 members (excludes halogenated alkanes) is 2. The number of carbonyl (C=O) groups is 1. The number of nitrogens with zero attached hydrogens (tertiary/aromatic N) is 1. The fourth-order valence-electron chi connectivity index (χ4n) is 1.38. The Morgan fingerprint density at radius 3 is 2.65 bits per heavy atom. The van der Waals surface area contributed by atoms with Gasteiger partial charge < -0.3 is 10.1 Å². The molecule has 4 nitrogen and oxygen atoms in total. The average molecular weight is 232 g/mol. The van der Waals surface area contributed by atoms with Crippen LogP contribution < -0.4 is 10.1 Å². The van der Waals surface area contributed by atoms with Crippen molar-refractivity contribution in [3.63, 3.8) is 0 Å². The quantitative estimate of drug-likeness (QED) is 0.764. The van der Waals surface area contributed by atoms with Gasteiger partial charge in [0.2, 0.25) is 0 Å². The predicted octanol–water partition coefficient (Wildman–Crippen LogP) is 2.12. The van der Waals surface area contributed by atoms with Gasteiger partial charge >= 0.3 is 0 Å². The Bertz CT molecular complexity index is 393. The van der Waals surface area contributed by atoms with Crippen LogP contribution in [-0.2, 0) is 0 Å². The number of hydrogen-bond donors (Lipinski definition) is 1. The van der Waals surface area contributed by atoms with Crippen molar-refractivity contribution in [2.24, 2.45) is 0 Å². The van der Waals surface area contributed by atoms with Crippen LogP contribution in [0.5, 0.6) is 5.75 Å². The molecular weight excluding hydrogens is 216 g/mol. The van der Waals surface area contributed by atoms with Gasteiger partial charge in [-0.2, -0.15) is 5.26 Å². The molecule has 1 amide bonds. The molecule has 1 aromatic rings. The maximum absolute atomic E-state index is 11.7. The summed E-state index contributed by atoms with van der Waals surface area (Å²) in [5, 5.41) is 11.2. The van der Waals surface area contributed by atoms with Crippen molar-refractivity contribution in [1.82, 2.24) is 5.32 Å². The number of ether oxygens (including phenoxy) is 1. The maximum atomic E-state index is 11.7. The Morgan fingerprint density at radius 2 is 2.06 bits per heavy atom. The van der Waals surface area contributed by atoms with Crippen molar-refractivity contribution in [1.29, 1.82) is 5.26 Å². The van der Waals surface area contributed by atoms with Gasteiger partial charge in [-0.1, -0.05) is 0 Å². The number of nitrogens with one attached hydrogen (secondary N) is 1. The van der Waals surface area contributed by atoms with E-state index in [2.05, 4.69) is 11.4 Å². The second kappa shape index (κ2) is 7.29. The number of nitriles is 1. The van der Waals surface area contributed by atoms with Crippen LogP contribution in [0.15, 0.2) is 24.3 Å². The van der Waals surface area contributed by atoms with E-state index in [0.717, 1.165) is 18.6 Å². The molecule has 0 heterocycles. The molecule has 0 fully saturated rings. The van der Waals surface area contributed by atoms with E-state index in [1.54, 1.807) is 31.4 Å². The minimum absolute atomic E-state index is 0.0930. The molecule has 4 heteroatoms. The van der Waals surface area contributed by atoms with Gasteiger partial charge in [-0.25, -0.2) is 0 Å². The highest BCUT2D eigenvalue weighted by atomic mass is 16.5.